The Kier molecular flexibility index (Phi) is 7.09. The molecule has 5 heteroatoms. The molecule has 1 aliphatic heterocycles. The Morgan fingerprint density at radius 3 is 3.00 bits per heavy atom. The lowest BCUT2D eigenvalue weighted by Gasteiger charge is -2.23. The van der Waals surface area contributed by atoms with E-state index in [1.807, 2.05) is 0 Å². The zero-order valence-corrected chi connectivity index (χ0v) is 12.3. The summed E-state index contributed by atoms with van der Waals surface area (Å²) in [5.41, 5.74) is 0.508. The zero-order chi connectivity index (χ0) is 14.9. The highest BCUT2D eigenvalue weighted by atomic mass is 19.1. The maximum atomic E-state index is 13.4. The minimum Gasteiger partial charge on any atom is -0.389 e. The predicted molar refractivity (Wildman–Crippen MR) is 78.5 cm³/mol. The Labute approximate surface area is 125 Å². The summed E-state index contributed by atoms with van der Waals surface area (Å²) in [5, 5.41) is 13.0. The lowest BCUT2D eigenvalue weighted by molar-refractivity contribution is 0.00737. The standard InChI is InChI=1S/C16H24FNO3/c17-16-7-2-1-5-13(16)11-20-12-14(19)9-18-10-15-6-3-4-8-21-15/h1-2,5,7,14-15,18-19H,3-4,6,8-12H2. The highest BCUT2D eigenvalue weighted by Crippen LogP contribution is 2.11. The summed E-state index contributed by atoms with van der Waals surface area (Å²) in [6.07, 6.45) is 3.09. The first-order valence-corrected chi connectivity index (χ1v) is 7.57. The Balaban J connectivity index is 1.55. The van der Waals surface area contributed by atoms with Gasteiger partial charge in [0.1, 0.15) is 5.82 Å². The van der Waals surface area contributed by atoms with Crippen LogP contribution in [0.2, 0.25) is 0 Å². The Morgan fingerprint density at radius 1 is 1.38 bits per heavy atom. The molecule has 1 aliphatic rings. The third-order valence-corrected chi connectivity index (χ3v) is 3.55. The lowest BCUT2D eigenvalue weighted by atomic mass is 10.1. The summed E-state index contributed by atoms with van der Waals surface area (Å²) in [7, 11) is 0. The van der Waals surface area contributed by atoms with Crippen LogP contribution in [0.5, 0.6) is 0 Å². The van der Waals surface area contributed by atoms with Gasteiger partial charge in [0, 0.05) is 25.3 Å². The molecule has 21 heavy (non-hydrogen) atoms. The fourth-order valence-corrected chi connectivity index (χ4v) is 2.36. The number of ether oxygens (including phenoxy) is 2. The molecule has 1 heterocycles. The molecule has 1 aromatic rings. The van der Waals surface area contributed by atoms with Crippen LogP contribution in [0.3, 0.4) is 0 Å². The van der Waals surface area contributed by atoms with Crippen LogP contribution in [0.1, 0.15) is 24.8 Å². The molecule has 2 atom stereocenters. The second kappa shape index (κ2) is 9.10. The predicted octanol–water partition coefficient (Wildman–Crippen LogP) is 1.86. The quantitative estimate of drug-likeness (QED) is 0.769. The maximum absolute atomic E-state index is 13.4. The van der Waals surface area contributed by atoms with Gasteiger partial charge in [0.05, 0.1) is 25.4 Å². The molecule has 118 valence electrons. The van der Waals surface area contributed by atoms with Gasteiger partial charge < -0.3 is 19.9 Å². The molecular weight excluding hydrogens is 273 g/mol. The Morgan fingerprint density at radius 2 is 2.24 bits per heavy atom. The summed E-state index contributed by atoms with van der Waals surface area (Å²) in [5.74, 6) is -0.278. The fraction of sp³-hybridized carbons (Fsp3) is 0.625. The molecule has 0 aromatic heterocycles. The van der Waals surface area contributed by atoms with E-state index in [-0.39, 0.29) is 25.1 Å². The molecule has 4 nitrogen and oxygen atoms in total. The molecule has 1 saturated heterocycles. The van der Waals surface area contributed by atoms with Crippen molar-refractivity contribution in [1.82, 2.24) is 5.32 Å². The molecule has 2 rings (SSSR count). The molecule has 0 spiro atoms. The number of aliphatic hydroxyl groups excluding tert-OH is 1. The monoisotopic (exact) mass is 297 g/mol. The topological polar surface area (TPSA) is 50.7 Å². The van der Waals surface area contributed by atoms with E-state index >= 15 is 0 Å². The highest BCUT2D eigenvalue weighted by Gasteiger charge is 2.14. The average Bonchev–Trinajstić information content (AvgIpc) is 2.50. The second-order valence-corrected chi connectivity index (χ2v) is 5.41. The molecule has 0 aliphatic carbocycles. The van der Waals surface area contributed by atoms with Gasteiger partial charge in [-0.1, -0.05) is 18.2 Å². The minimum atomic E-state index is -0.597. The van der Waals surface area contributed by atoms with E-state index in [9.17, 15) is 9.50 Å². The van der Waals surface area contributed by atoms with Crippen molar-refractivity contribution in [2.24, 2.45) is 0 Å². The van der Waals surface area contributed by atoms with E-state index in [2.05, 4.69) is 5.32 Å². The fourth-order valence-electron chi connectivity index (χ4n) is 2.36. The number of benzene rings is 1. The number of hydrogen-bond donors (Lipinski definition) is 2. The molecule has 2 unspecified atom stereocenters. The van der Waals surface area contributed by atoms with Gasteiger partial charge in [-0.2, -0.15) is 0 Å². The van der Waals surface area contributed by atoms with E-state index in [1.165, 1.54) is 12.5 Å². The Hall–Kier alpha value is -1.01. The normalized spacial score (nSPS) is 20.4. The van der Waals surface area contributed by atoms with Crippen molar-refractivity contribution in [3.8, 4) is 0 Å². The van der Waals surface area contributed by atoms with Gasteiger partial charge in [-0.3, -0.25) is 0 Å². The van der Waals surface area contributed by atoms with Crippen LogP contribution in [0, 0.1) is 5.82 Å². The van der Waals surface area contributed by atoms with E-state index in [0.717, 1.165) is 26.0 Å². The molecule has 0 saturated carbocycles. The number of aliphatic hydroxyl groups is 1. The van der Waals surface area contributed by atoms with E-state index in [4.69, 9.17) is 9.47 Å². The van der Waals surface area contributed by atoms with Crippen LogP contribution < -0.4 is 5.32 Å². The molecule has 0 amide bonds. The van der Waals surface area contributed by atoms with Gasteiger partial charge in [0.15, 0.2) is 0 Å². The largest absolute Gasteiger partial charge is 0.389 e. The molecule has 0 radical (unpaired) electrons. The zero-order valence-electron chi connectivity index (χ0n) is 12.3. The van der Waals surface area contributed by atoms with Crippen molar-refractivity contribution in [3.05, 3.63) is 35.6 Å². The lowest BCUT2D eigenvalue weighted by Crippen LogP contribution is -2.37. The van der Waals surface area contributed by atoms with Crippen molar-refractivity contribution >= 4 is 0 Å². The van der Waals surface area contributed by atoms with Gasteiger partial charge in [-0.05, 0) is 25.3 Å². The first-order valence-electron chi connectivity index (χ1n) is 7.57. The van der Waals surface area contributed by atoms with Crippen molar-refractivity contribution in [3.63, 3.8) is 0 Å². The second-order valence-electron chi connectivity index (χ2n) is 5.41. The first-order chi connectivity index (χ1) is 10.3. The number of hydrogen-bond acceptors (Lipinski definition) is 4. The summed E-state index contributed by atoms with van der Waals surface area (Å²) >= 11 is 0. The molecule has 1 aromatic carbocycles. The summed E-state index contributed by atoms with van der Waals surface area (Å²) in [6, 6.07) is 6.50. The molecular formula is C16H24FNO3. The number of rotatable bonds is 8. The summed E-state index contributed by atoms with van der Waals surface area (Å²) in [6.45, 7) is 2.41. The average molecular weight is 297 g/mol. The van der Waals surface area contributed by atoms with Crippen LogP contribution >= 0.6 is 0 Å². The maximum Gasteiger partial charge on any atom is 0.128 e. The van der Waals surface area contributed by atoms with Gasteiger partial charge in [0.25, 0.3) is 0 Å². The molecule has 1 fully saturated rings. The third-order valence-electron chi connectivity index (χ3n) is 3.55. The van der Waals surface area contributed by atoms with Crippen LogP contribution in [-0.4, -0.2) is 43.6 Å². The van der Waals surface area contributed by atoms with Gasteiger partial charge in [0.2, 0.25) is 0 Å². The van der Waals surface area contributed by atoms with Crippen molar-refractivity contribution in [2.45, 2.75) is 38.1 Å². The first kappa shape index (κ1) is 16.4. The van der Waals surface area contributed by atoms with E-state index in [1.54, 1.807) is 18.2 Å². The SMILES string of the molecule is OC(CNCC1CCCCO1)COCc1ccccc1F. The number of halogens is 1. The summed E-state index contributed by atoms with van der Waals surface area (Å²) in [4.78, 5) is 0. The third kappa shape index (κ3) is 6.09. The summed E-state index contributed by atoms with van der Waals surface area (Å²) < 4.78 is 24.3. The van der Waals surface area contributed by atoms with Crippen LogP contribution in [0.15, 0.2) is 24.3 Å². The van der Waals surface area contributed by atoms with Crippen LogP contribution in [0.25, 0.3) is 0 Å². The van der Waals surface area contributed by atoms with Crippen molar-refractivity contribution in [2.75, 3.05) is 26.3 Å². The smallest absolute Gasteiger partial charge is 0.128 e. The molecule has 0 bridgehead atoms. The minimum absolute atomic E-state index is 0.176. The van der Waals surface area contributed by atoms with Gasteiger partial charge >= 0.3 is 0 Å². The van der Waals surface area contributed by atoms with Crippen molar-refractivity contribution in [1.29, 1.82) is 0 Å². The van der Waals surface area contributed by atoms with Crippen molar-refractivity contribution < 1.29 is 19.0 Å². The van der Waals surface area contributed by atoms with E-state index < -0.39 is 6.10 Å². The van der Waals surface area contributed by atoms with Crippen LogP contribution in [-0.2, 0) is 16.1 Å². The van der Waals surface area contributed by atoms with Crippen LogP contribution in [0.4, 0.5) is 4.39 Å². The molecule has 2 N–H and O–H groups in total. The van der Waals surface area contributed by atoms with Gasteiger partial charge in [-0.25, -0.2) is 4.39 Å². The highest BCUT2D eigenvalue weighted by molar-refractivity contribution is 5.16. The Bertz CT molecular complexity index is 410. The van der Waals surface area contributed by atoms with Gasteiger partial charge in [-0.15, -0.1) is 0 Å². The van der Waals surface area contributed by atoms with E-state index in [0.29, 0.717) is 12.1 Å². The number of nitrogens with one attached hydrogen (secondary N) is 1.